The maximum Gasteiger partial charge on any atom is 0.0713 e. The van der Waals surface area contributed by atoms with Gasteiger partial charge in [0.15, 0.2) is 0 Å². The van der Waals surface area contributed by atoms with Crippen molar-refractivity contribution in [3.63, 3.8) is 0 Å². The van der Waals surface area contributed by atoms with E-state index in [0.717, 1.165) is 32.5 Å². The van der Waals surface area contributed by atoms with Gasteiger partial charge in [-0.1, -0.05) is 38.1 Å². The monoisotopic (exact) mass is 279 g/mol. The first-order valence-electron chi connectivity index (χ1n) is 7.63. The standard InChI is InChI=1S/C15H23NO2.C2H6/c1-17-12-14-5-3-4-13(10-14)11-16-8-6-15(18-2)7-9-16;1-2/h3-5,10,15H,6-9,11-12H2,1-2H3;1-2H3. The maximum atomic E-state index is 5.40. The Morgan fingerprint density at radius 3 is 2.35 bits per heavy atom. The number of hydrogen-bond donors (Lipinski definition) is 0. The van der Waals surface area contributed by atoms with Crippen LogP contribution in [0.25, 0.3) is 0 Å². The lowest BCUT2D eigenvalue weighted by atomic mass is 10.1. The maximum absolute atomic E-state index is 5.40. The van der Waals surface area contributed by atoms with Crippen molar-refractivity contribution in [3.05, 3.63) is 35.4 Å². The van der Waals surface area contributed by atoms with Crippen LogP contribution in [0, 0.1) is 0 Å². The SMILES string of the molecule is CC.COCc1cccc(CN2CCC(OC)CC2)c1. The van der Waals surface area contributed by atoms with Crippen molar-refractivity contribution in [1.29, 1.82) is 0 Å². The van der Waals surface area contributed by atoms with Crippen LogP contribution in [0.4, 0.5) is 0 Å². The van der Waals surface area contributed by atoms with E-state index >= 15 is 0 Å². The molecule has 1 aromatic carbocycles. The molecule has 114 valence electrons. The number of likely N-dealkylation sites (tertiary alicyclic amines) is 1. The Morgan fingerprint density at radius 2 is 1.75 bits per heavy atom. The van der Waals surface area contributed by atoms with Gasteiger partial charge in [0.05, 0.1) is 12.7 Å². The van der Waals surface area contributed by atoms with Gasteiger partial charge >= 0.3 is 0 Å². The van der Waals surface area contributed by atoms with E-state index in [1.54, 1.807) is 7.11 Å². The molecule has 1 saturated heterocycles. The highest BCUT2D eigenvalue weighted by Crippen LogP contribution is 2.16. The molecule has 0 N–H and O–H groups in total. The van der Waals surface area contributed by atoms with Crippen LogP contribution < -0.4 is 0 Å². The van der Waals surface area contributed by atoms with E-state index < -0.39 is 0 Å². The van der Waals surface area contributed by atoms with Crippen LogP contribution in [-0.2, 0) is 22.6 Å². The summed E-state index contributed by atoms with van der Waals surface area (Å²) in [4.78, 5) is 2.50. The normalized spacial score (nSPS) is 16.6. The van der Waals surface area contributed by atoms with Crippen molar-refractivity contribution in [2.24, 2.45) is 0 Å². The van der Waals surface area contributed by atoms with Gasteiger partial charge in [0.2, 0.25) is 0 Å². The van der Waals surface area contributed by atoms with Crippen molar-refractivity contribution < 1.29 is 9.47 Å². The van der Waals surface area contributed by atoms with Crippen LogP contribution in [0.1, 0.15) is 37.8 Å². The van der Waals surface area contributed by atoms with Gasteiger partial charge in [0, 0.05) is 33.9 Å². The molecule has 0 aliphatic carbocycles. The Bertz CT molecular complexity index is 360. The van der Waals surface area contributed by atoms with Crippen LogP contribution in [0.5, 0.6) is 0 Å². The van der Waals surface area contributed by atoms with E-state index in [1.165, 1.54) is 11.1 Å². The lowest BCUT2D eigenvalue weighted by Gasteiger charge is -2.31. The van der Waals surface area contributed by atoms with Crippen LogP contribution >= 0.6 is 0 Å². The predicted molar refractivity (Wildman–Crippen MR) is 83.8 cm³/mol. The molecule has 0 unspecified atom stereocenters. The van der Waals surface area contributed by atoms with Crippen molar-refractivity contribution in [3.8, 4) is 0 Å². The summed E-state index contributed by atoms with van der Waals surface area (Å²) in [6, 6.07) is 8.67. The first kappa shape index (κ1) is 17.2. The molecule has 1 aromatic rings. The molecular formula is C17H29NO2. The van der Waals surface area contributed by atoms with Crippen molar-refractivity contribution >= 4 is 0 Å². The highest BCUT2D eigenvalue weighted by molar-refractivity contribution is 5.23. The van der Waals surface area contributed by atoms with E-state index in [4.69, 9.17) is 9.47 Å². The zero-order valence-corrected chi connectivity index (χ0v) is 13.4. The molecule has 0 atom stereocenters. The number of methoxy groups -OCH3 is 2. The van der Waals surface area contributed by atoms with Gasteiger partial charge in [0.25, 0.3) is 0 Å². The first-order chi connectivity index (χ1) is 9.81. The summed E-state index contributed by atoms with van der Waals surface area (Å²) < 4.78 is 10.6. The topological polar surface area (TPSA) is 21.7 Å². The highest BCUT2D eigenvalue weighted by Gasteiger charge is 2.18. The molecule has 20 heavy (non-hydrogen) atoms. The van der Waals surface area contributed by atoms with Gasteiger partial charge < -0.3 is 9.47 Å². The Labute approximate surface area is 123 Å². The summed E-state index contributed by atoms with van der Waals surface area (Å²) in [6.45, 7) is 7.99. The van der Waals surface area contributed by atoms with Gasteiger partial charge in [0.1, 0.15) is 0 Å². The third kappa shape index (κ3) is 5.61. The smallest absolute Gasteiger partial charge is 0.0713 e. The zero-order valence-electron chi connectivity index (χ0n) is 13.4. The second kappa shape index (κ2) is 9.92. The zero-order chi connectivity index (χ0) is 14.8. The summed E-state index contributed by atoms with van der Waals surface area (Å²) >= 11 is 0. The molecule has 3 nitrogen and oxygen atoms in total. The molecule has 0 bridgehead atoms. The van der Waals surface area contributed by atoms with Crippen molar-refractivity contribution in [1.82, 2.24) is 4.90 Å². The first-order valence-corrected chi connectivity index (χ1v) is 7.63. The minimum absolute atomic E-state index is 0.459. The number of ether oxygens (including phenoxy) is 2. The molecule has 1 heterocycles. The van der Waals surface area contributed by atoms with Gasteiger partial charge in [-0.05, 0) is 24.0 Å². The second-order valence-electron chi connectivity index (χ2n) is 4.96. The van der Waals surface area contributed by atoms with Crippen molar-refractivity contribution in [2.75, 3.05) is 27.3 Å². The second-order valence-corrected chi connectivity index (χ2v) is 4.96. The fourth-order valence-electron chi connectivity index (χ4n) is 2.55. The number of hydrogen-bond acceptors (Lipinski definition) is 3. The molecule has 1 aliphatic heterocycles. The van der Waals surface area contributed by atoms with E-state index in [-0.39, 0.29) is 0 Å². The summed E-state index contributed by atoms with van der Waals surface area (Å²) in [6.07, 6.45) is 2.75. The molecule has 0 saturated carbocycles. The Morgan fingerprint density at radius 1 is 1.10 bits per heavy atom. The van der Waals surface area contributed by atoms with Crippen LogP contribution in [0.3, 0.4) is 0 Å². The van der Waals surface area contributed by atoms with E-state index in [9.17, 15) is 0 Å². The minimum Gasteiger partial charge on any atom is -0.381 e. The molecule has 3 heteroatoms. The van der Waals surface area contributed by atoms with Crippen LogP contribution in [0.2, 0.25) is 0 Å². The Balaban J connectivity index is 0.000000956. The largest absolute Gasteiger partial charge is 0.381 e. The minimum atomic E-state index is 0.459. The number of nitrogens with zero attached hydrogens (tertiary/aromatic N) is 1. The van der Waals surface area contributed by atoms with Gasteiger partial charge in [-0.2, -0.15) is 0 Å². The molecule has 0 radical (unpaired) electrons. The van der Waals surface area contributed by atoms with E-state index in [0.29, 0.717) is 12.7 Å². The van der Waals surface area contributed by atoms with E-state index in [2.05, 4.69) is 29.2 Å². The molecule has 0 spiro atoms. The van der Waals surface area contributed by atoms with Crippen LogP contribution in [-0.4, -0.2) is 38.3 Å². The summed E-state index contributed by atoms with van der Waals surface area (Å²) in [7, 11) is 3.55. The fourth-order valence-corrected chi connectivity index (χ4v) is 2.55. The lowest BCUT2D eigenvalue weighted by Crippen LogP contribution is -2.36. The average molecular weight is 279 g/mol. The van der Waals surface area contributed by atoms with Gasteiger partial charge in [-0.3, -0.25) is 4.90 Å². The van der Waals surface area contributed by atoms with Gasteiger partial charge in [-0.15, -0.1) is 0 Å². The third-order valence-corrected chi connectivity index (χ3v) is 3.58. The van der Waals surface area contributed by atoms with Crippen molar-refractivity contribution in [2.45, 2.75) is 45.9 Å². The average Bonchev–Trinajstić information content (AvgIpc) is 2.51. The summed E-state index contributed by atoms with van der Waals surface area (Å²) in [5.41, 5.74) is 2.63. The lowest BCUT2D eigenvalue weighted by molar-refractivity contribution is 0.0388. The van der Waals surface area contributed by atoms with Gasteiger partial charge in [-0.25, -0.2) is 0 Å². The molecule has 1 fully saturated rings. The Hall–Kier alpha value is -0.900. The van der Waals surface area contributed by atoms with E-state index in [1.807, 2.05) is 21.0 Å². The predicted octanol–water partition coefficient (Wildman–Crippen LogP) is 3.47. The molecule has 0 aromatic heterocycles. The highest BCUT2D eigenvalue weighted by atomic mass is 16.5. The Kier molecular flexibility index (Phi) is 8.51. The molecular weight excluding hydrogens is 250 g/mol. The number of benzene rings is 1. The summed E-state index contributed by atoms with van der Waals surface area (Å²) in [5.74, 6) is 0. The van der Waals surface area contributed by atoms with Crippen LogP contribution in [0.15, 0.2) is 24.3 Å². The quantitative estimate of drug-likeness (QED) is 0.824. The summed E-state index contributed by atoms with van der Waals surface area (Å²) in [5, 5.41) is 0. The fraction of sp³-hybridized carbons (Fsp3) is 0.647. The third-order valence-electron chi connectivity index (χ3n) is 3.58. The number of rotatable bonds is 5. The molecule has 0 amide bonds. The number of piperidine rings is 1. The molecule has 1 aliphatic rings. The molecule has 2 rings (SSSR count).